The monoisotopic (exact) mass is 420 g/mol. The number of aryl methyl sites for hydroxylation is 2. The fourth-order valence-electron chi connectivity index (χ4n) is 3.59. The number of benzene rings is 2. The van der Waals surface area contributed by atoms with Crippen molar-refractivity contribution in [1.29, 1.82) is 0 Å². The molecule has 0 atom stereocenters. The molecule has 0 aromatic heterocycles. The van der Waals surface area contributed by atoms with E-state index in [4.69, 9.17) is 4.74 Å². The predicted molar refractivity (Wildman–Crippen MR) is 109 cm³/mol. The minimum atomic E-state index is -3.89. The molecule has 3 rings (SSSR count). The lowest BCUT2D eigenvalue weighted by Gasteiger charge is -2.31. The number of ether oxygens (including phenoxy) is 1. The summed E-state index contributed by atoms with van der Waals surface area (Å²) in [5.74, 6) is 0.847. The Morgan fingerprint density at radius 1 is 1.10 bits per heavy atom. The second kappa shape index (κ2) is 8.89. The summed E-state index contributed by atoms with van der Waals surface area (Å²) in [6.07, 6.45) is 0. The molecule has 0 unspecified atom stereocenters. The highest BCUT2D eigenvalue weighted by Crippen LogP contribution is 2.26. The average molecular weight is 421 g/mol. The zero-order chi connectivity index (χ0) is 21.0. The number of piperazine rings is 1. The minimum Gasteiger partial charge on any atom is -0.488 e. The van der Waals surface area contributed by atoms with Crippen LogP contribution >= 0.6 is 0 Å². The van der Waals surface area contributed by atoms with Gasteiger partial charge in [-0.2, -0.15) is 4.31 Å². The maximum absolute atomic E-state index is 12.9. The van der Waals surface area contributed by atoms with Gasteiger partial charge in [-0.25, -0.2) is 8.42 Å². The fraction of sp³-hybridized carbons (Fsp3) is 0.400. The minimum absolute atomic E-state index is 0.244. The van der Waals surface area contributed by atoms with Gasteiger partial charge in [0.05, 0.1) is 31.1 Å². The standard InChI is InChI=1S/C20H25N3O5S/c1-16-13-17(2)15-18(14-16)28-12-11-21-7-9-22(10-8-21)29(26,27)20-6-4-3-5-19(20)23(24)25/h3-6,13-15H,7-12H2,1-2H3/p+1. The van der Waals surface area contributed by atoms with E-state index in [1.165, 1.54) is 33.5 Å². The summed E-state index contributed by atoms with van der Waals surface area (Å²) >= 11 is 0. The Hall–Kier alpha value is -2.49. The van der Waals surface area contributed by atoms with E-state index in [2.05, 4.69) is 6.07 Å². The van der Waals surface area contributed by atoms with Crippen LogP contribution in [0.15, 0.2) is 47.4 Å². The van der Waals surface area contributed by atoms with Crippen molar-refractivity contribution in [3.05, 3.63) is 63.7 Å². The van der Waals surface area contributed by atoms with Crippen LogP contribution in [0, 0.1) is 24.0 Å². The topological polar surface area (TPSA) is 94.2 Å². The average Bonchev–Trinajstić information content (AvgIpc) is 2.67. The van der Waals surface area contributed by atoms with Gasteiger partial charge >= 0.3 is 0 Å². The third-order valence-corrected chi connectivity index (χ3v) is 6.97. The summed E-state index contributed by atoms with van der Waals surface area (Å²) < 4.78 is 32.9. The van der Waals surface area contributed by atoms with Crippen molar-refractivity contribution >= 4 is 15.7 Å². The molecule has 1 heterocycles. The summed E-state index contributed by atoms with van der Waals surface area (Å²) in [6, 6.07) is 11.6. The number of sulfonamides is 1. The molecule has 156 valence electrons. The lowest BCUT2D eigenvalue weighted by molar-refractivity contribution is -0.903. The number of nitrogens with one attached hydrogen (secondary N) is 1. The number of nitro groups is 1. The maximum atomic E-state index is 12.9. The molecule has 1 aliphatic heterocycles. The Morgan fingerprint density at radius 3 is 2.34 bits per heavy atom. The molecule has 8 nitrogen and oxygen atoms in total. The number of hydrogen-bond donors (Lipinski definition) is 1. The number of rotatable bonds is 7. The van der Waals surface area contributed by atoms with Gasteiger partial charge < -0.3 is 9.64 Å². The molecule has 2 aromatic carbocycles. The SMILES string of the molecule is Cc1cc(C)cc(OCC[NH+]2CCN(S(=O)(=O)c3ccccc3[N+](=O)[O-])CC2)c1. The molecule has 1 aliphatic rings. The molecule has 0 bridgehead atoms. The van der Waals surface area contributed by atoms with E-state index in [1.807, 2.05) is 26.0 Å². The van der Waals surface area contributed by atoms with Gasteiger partial charge in [0, 0.05) is 6.07 Å². The quantitative estimate of drug-likeness (QED) is 0.536. The second-order valence-electron chi connectivity index (χ2n) is 7.30. The van der Waals surface area contributed by atoms with Crippen molar-refractivity contribution in [1.82, 2.24) is 4.31 Å². The van der Waals surface area contributed by atoms with Crippen molar-refractivity contribution in [2.75, 3.05) is 39.3 Å². The molecular formula is C20H26N3O5S+. The maximum Gasteiger partial charge on any atom is 0.289 e. The first-order chi connectivity index (χ1) is 13.8. The zero-order valence-corrected chi connectivity index (χ0v) is 17.4. The summed E-state index contributed by atoms with van der Waals surface area (Å²) in [7, 11) is -3.89. The fourth-order valence-corrected chi connectivity index (χ4v) is 5.19. The van der Waals surface area contributed by atoms with Crippen LogP contribution in [-0.2, 0) is 10.0 Å². The molecular weight excluding hydrogens is 394 g/mol. The molecule has 0 aliphatic carbocycles. The van der Waals surface area contributed by atoms with E-state index in [0.717, 1.165) is 23.4 Å². The van der Waals surface area contributed by atoms with Gasteiger partial charge in [0.1, 0.15) is 18.9 Å². The number of nitrogens with zero attached hydrogens (tertiary/aromatic N) is 2. The van der Waals surface area contributed by atoms with Crippen molar-refractivity contribution in [2.24, 2.45) is 0 Å². The Kier molecular flexibility index (Phi) is 6.51. The molecule has 0 saturated carbocycles. The molecule has 1 saturated heterocycles. The molecule has 1 N–H and O–H groups in total. The van der Waals surface area contributed by atoms with Crippen LogP contribution in [-0.4, -0.2) is 57.0 Å². The van der Waals surface area contributed by atoms with Crippen molar-refractivity contribution < 1.29 is 23.0 Å². The summed E-state index contributed by atoms with van der Waals surface area (Å²) in [5.41, 5.74) is 1.92. The van der Waals surface area contributed by atoms with E-state index in [-0.39, 0.29) is 10.6 Å². The summed E-state index contributed by atoms with van der Waals surface area (Å²) in [6.45, 7) is 7.30. The van der Waals surface area contributed by atoms with Gasteiger partial charge in [-0.05, 0) is 43.2 Å². The lowest BCUT2D eigenvalue weighted by Crippen LogP contribution is -3.15. The Labute approximate surface area is 170 Å². The number of para-hydroxylation sites is 1. The Balaban J connectivity index is 1.55. The van der Waals surface area contributed by atoms with Crippen LogP contribution in [0.25, 0.3) is 0 Å². The van der Waals surface area contributed by atoms with Crippen molar-refractivity contribution in [3.8, 4) is 5.75 Å². The zero-order valence-electron chi connectivity index (χ0n) is 16.6. The predicted octanol–water partition coefficient (Wildman–Crippen LogP) is 1.18. The number of quaternary nitrogens is 1. The highest BCUT2D eigenvalue weighted by atomic mass is 32.2. The molecule has 0 amide bonds. The summed E-state index contributed by atoms with van der Waals surface area (Å²) in [4.78, 5) is 11.5. The number of hydrogen-bond acceptors (Lipinski definition) is 5. The van der Waals surface area contributed by atoms with Crippen LogP contribution < -0.4 is 9.64 Å². The smallest absolute Gasteiger partial charge is 0.289 e. The molecule has 0 radical (unpaired) electrons. The first-order valence-electron chi connectivity index (χ1n) is 9.55. The third-order valence-electron chi connectivity index (χ3n) is 5.03. The van der Waals surface area contributed by atoms with Crippen LogP contribution in [0.4, 0.5) is 5.69 Å². The van der Waals surface area contributed by atoms with E-state index in [9.17, 15) is 18.5 Å². The van der Waals surface area contributed by atoms with Gasteiger partial charge in [-0.1, -0.05) is 18.2 Å². The van der Waals surface area contributed by atoms with Crippen molar-refractivity contribution in [3.63, 3.8) is 0 Å². The number of nitro benzene ring substituents is 1. The highest BCUT2D eigenvalue weighted by Gasteiger charge is 2.34. The molecule has 2 aromatic rings. The first kappa shape index (κ1) is 21.2. The van der Waals surface area contributed by atoms with Crippen molar-refractivity contribution in [2.45, 2.75) is 18.7 Å². The van der Waals surface area contributed by atoms with Gasteiger partial charge in [0.25, 0.3) is 5.69 Å². The Morgan fingerprint density at radius 2 is 1.72 bits per heavy atom. The van der Waals surface area contributed by atoms with Crippen LogP contribution in [0.1, 0.15) is 11.1 Å². The van der Waals surface area contributed by atoms with E-state index in [1.54, 1.807) is 0 Å². The second-order valence-corrected chi connectivity index (χ2v) is 9.21. The van der Waals surface area contributed by atoms with Crippen LogP contribution in [0.5, 0.6) is 5.75 Å². The molecule has 1 fully saturated rings. The Bertz CT molecular complexity index is 965. The largest absolute Gasteiger partial charge is 0.488 e. The molecule has 9 heteroatoms. The summed E-state index contributed by atoms with van der Waals surface area (Å²) in [5, 5.41) is 11.2. The lowest BCUT2D eigenvalue weighted by atomic mass is 10.1. The van der Waals surface area contributed by atoms with Gasteiger partial charge in [0.2, 0.25) is 10.0 Å². The normalized spacial score (nSPS) is 15.9. The molecule has 29 heavy (non-hydrogen) atoms. The van der Waals surface area contributed by atoms with Crippen LogP contribution in [0.3, 0.4) is 0 Å². The molecule has 0 spiro atoms. The van der Waals surface area contributed by atoms with Gasteiger partial charge in [-0.3, -0.25) is 10.1 Å². The van der Waals surface area contributed by atoms with Gasteiger partial charge in [0.15, 0.2) is 4.90 Å². The van der Waals surface area contributed by atoms with Gasteiger partial charge in [-0.15, -0.1) is 0 Å². The van der Waals surface area contributed by atoms with E-state index >= 15 is 0 Å². The highest BCUT2D eigenvalue weighted by molar-refractivity contribution is 7.89. The first-order valence-corrected chi connectivity index (χ1v) is 11.0. The van der Waals surface area contributed by atoms with E-state index in [0.29, 0.717) is 32.8 Å². The van der Waals surface area contributed by atoms with Crippen LogP contribution in [0.2, 0.25) is 0 Å². The third kappa shape index (κ3) is 5.11. The van der Waals surface area contributed by atoms with E-state index < -0.39 is 14.9 Å².